The van der Waals surface area contributed by atoms with Crippen LogP contribution in [-0.4, -0.2) is 47.0 Å². The minimum Gasteiger partial charge on any atom is -0.387 e. The summed E-state index contributed by atoms with van der Waals surface area (Å²) in [6.07, 6.45) is 2.05. The van der Waals surface area contributed by atoms with Gasteiger partial charge in [-0.25, -0.2) is 0 Å². The lowest BCUT2D eigenvalue weighted by atomic mass is 10.3. The van der Waals surface area contributed by atoms with E-state index in [1.807, 2.05) is 0 Å². The minimum atomic E-state index is -0.563. The second-order valence-electron chi connectivity index (χ2n) is 3.54. The molecule has 6 heteroatoms. The first-order chi connectivity index (χ1) is 7.74. The summed E-state index contributed by atoms with van der Waals surface area (Å²) >= 11 is 0. The molecule has 1 atom stereocenters. The Bertz CT molecular complexity index is 289. The maximum atomic E-state index is 9.25. The van der Waals surface area contributed by atoms with Crippen LogP contribution < -0.4 is 0 Å². The molecule has 1 unspecified atom stereocenters. The number of rotatable bonds is 8. The average molecular weight is 229 g/mol. The van der Waals surface area contributed by atoms with E-state index in [1.165, 1.54) is 0 Å². The number of aliphatic hydroxyl groups excluding tert-OH is 1. The van der Waals surface area contributed by atoms with Crippen molar-refractivity contribution in [3.63, 3.8) is 0 Å². The zero-order valence-electron chi connectivity index (χ0n) is 9.80. The standard InChI is InChI=1S/C10H19N3O3/c1-9(14)10-8-13(12-11-10)4-3-5-16-7-6-15-2/h8-9,14H,3-7H2,1-2H3. The smallest absolute Gasteiger partial charge is 0.111 e. The second-order valence-corrected chi connectivity index (χ2v) is 3.54. The molecule has 0 saturated carbocycles. The van der Waals surface area contributed by atoms with E-state index in [9.17, 15) is 5.11 Å². The van der Waals surface area contributed by atoms with Gasteiger partial charge in [0.05, 0.1) is 25.5 Å². The van der Waals surface area contributed by atoms with Crippen LogP contribution in [0.2, 0.25) is 0 Å². The molecule has 0 saturated heterocycles. The first kappa shape index (κ1) is 13.1. The highest BCUT2D eigenvalue weighted by Gasteiger charge is 2.05. The van der Waals surface area contributed by atoms with Gasteiger partial charge in [-0.1, -0.05) is 5.21 Å². The molecular formula is C10H19N3O3. The van der Waals surface area contributed by atoms with Crippen LogP contribution in [0.1, 0.15) is 25.1 Å². The maximum absolute atomic E-state index is 9.25. The van der Waals surface area contributed by atoms with Gasteiger partial charge in [0.15, 0.2) is 0 Å². The minimum absolute atomic E-state index is 0.563. The Morgan fingerprint density at radius 3 is 2.88 bits per heavy atom. The molecule has 0 aliphatic heterocycles. The van der Waals surface area contributed by atoms with E-state index in [2.05, 4.69) is 10.3 Å². The summed E-state index contributed by atoms with van der Waals surface area (Å²) in [4.78, 5) is 0. The van der Waals surface area contributed by atoms with Crippen LogP contribution in [0.15, 0.2) is 6.20 Å². The largest absolute Gasteiger partial charge is 0.387 e. The number of methoxy groups -OCH3 is 1. The Labute approximate surface area is 95.2 Å². The molecule has 1 aromatic heterocycles. The van der Waals surface area contributed by atoms with Gasteiger partial charge >= 0.3 is 0 Å². The summed E-state index contributed by atoms with van der Waals surface area (Å²) in [6.45, 7) is 4.32. The van der Waals surface area contributed by atoms with Crippen LogP contribution in [0.25, 0.3) is 0 Å². The topological polar surface area (TPSA) is 69.4 Å². The average Bonchev–Trinajstić information content (AvgIpc) is 2.72. The van der Waals surface area contributed by atoms with Crippen molar-refractivity contribution in [3.05, 3.63) is 11.9 Å². The molecule has 92 valence electrons. The number of hydrogen-bond donors (Lipinski definition) is 1. The highest BCUT2D eigenvalue weighted by molar-refractivity contribution is 4.95. The maximum Gasteiger partial charge on any atom is 0.111 e. The van der Waals surface area contributed by atoms with Gasteiger partial charge in [-0.15, -0.1) is 5.10 Å². The fraction of sp³-hybridized carbons (Fsp3) is 0.800. The molecule has 0 aliphatic rings. The van der Waals surface area contributed by atoms with Crippen molar-refractivity contribution in [2.45, 2.75) is 26.0 Å². The molecule has 0 fully saturated rings. The van der Waals surface area contributed by atoms with Crippen molar-refractivity contribution in [2.24, 2.45) is 0 Å². The lowest BCUT2D eigenvalue weighted by Gasteiger charge is -2.03. The van der Waals surface area contributed by atoms with E-state index in [4.69, 9.17) is 9.47 Å². The highest BCUT2D eigenvalue weighted by atomic mass is 16.5. The van der Waals surface area contributed by atoms with Crippen LogP contribution in [-0.2, 0) is 16.0 Å². The monoisotopic (exact) mass is 229 g/mol. The van der Waals surface area contributed by atoms with E-state index in [0.717, 1.165) is 13.0 Å². The Balaban J connectivity index is 2.12. The molecular weight excluding hydrogens is 210 g/mol. The zero-order chi connectivity index (χ0) is 11.8. The molecule has 0 aromatic carbocycles. The molecule has 1 rings (SSSR count). The van der Waals surface area contributed by atoms with E-state index in [0.29, 0.717) is 25.5 Å². The van der Waals surface area contributed by atoms with Gasteiger partial charge in [0, 0.05) is 20.3 Å². The number of aromatic nitrogens is 3. The van der Waals surface area contributed by atoms with Crippen molar-refractivity contribution in [2.75, 3.05) is 26.9 Å². The lowest BCUT2D eigenvalue weighted by Crippen LogP contribution is -2.06. The number of nitrogens with zero attached hydrogens (tertiary/aromatic N) is 3. The van der Waals surface area contributed by atoms with E-state index in [1.54, 1.807) is 24.9 Å². The van der Waals surface area contributed by atoms with Crippen molar-refractivity contribution < 1.29 is 14.6 Å². The molecule has 0 radical (unpaired) electrons. The normalized spacial score (nSPS) is 12.9. The van der Waals surface area contributed by atoms with Crippen molar-refractivity contribution in [1.29, 1.82) is 0 Å². The summed E-state index contributed by atoms with van der Waals surface area (Å²) in [5.74, 6) is 0. The number of hydrogen-bond acceptors (Lipinski definition) is 5. The summed E-state index contributed by atoms with van der Waals surface area (Å²) in [5.41, 5.74) is 0.598. The zero-order valence-corrected chi connectivity index (χ0v) is 9.80. The molecule has 0 bridgehead atoms. The van der Waals surface area contributed by atoms with Gasteiger partial charge in [-0.05, 0) is 13.3 Å². The third kappa shape index (κ3) is 4.69. The van der Waals surface area contributed by atoms with Gasteiger partial charge in [0.25, 0.3) is 0 Å². The molecule has 1 N–H and O–H groups in total. The van der Waals surface area contributed by atoms with Gasteiger partial charge in [-0.2, -0.15) is 0 Å². The predicted octanol–water partition coefficient (Wildman–Crippen LogP) is 0.384. The number of aliphatic hydroxyl groups is 1. The first-order valence-electron chi connectivity index (χ1n) is 5.39. The van der Waals surface area contributed by atoms with Crippen molar-refractivity contribution >= 4 is 0 Å². The highest BCUT2D eigenvalue weighted by Crippen LogP contribution is 2.06. The fourth-order valence-corrected chi connectivity index (χ4v) is 1.19. The SMILES string of the molecule is COCCOCCCn1cc(C(C)O)nn1. The molecule has 0 amide bonds. The quantitative estimate of drug-likeness (QED) is 0.653. The van der Waals surface area contributed by atoms with Gasteiger partial charge < -0.3 is 14.6 Å². The molecule has 1 heterocycles. The molecule has 16 heavy (non-hydrogen) atoms. The summed E-state index contributed by atoms with van der Waals surface area (Å²) in [7, 11) is 1.65. The summed E-state index contributed by atoms with van der Waals surface area (Å²) in [6, 6.07) is 0. The lowest BCUT2D eigenvalue weighted by molar-refractivity contribution is 0.0676. The van der Waals surface area contributed by atoms with Crippen LogP contribution in [0.3, 0.4) is 0 Å². The molecule has 1 aromatic rings. The Hall–Kier alpha value is -0.980. The van der Waals surface area contributed by atoms with Crippen molar-refractivity contribution in [1.82, 2.24) is 15.0 Å². The number of ether oxygens (including phenoxy) is 2. The van der Waals surface area contributed by atoms with E-state index >= 15 is 0 Å². The van der Waals surface area contributed by atoms with Crippen LogP contribution in [0.4, 0.5) is 0 Å². The molecule has 0 aliphatic carbocycles. The van der Waals surface area contributed by atoms with Crippen molar-refractivity contribution in [3.8, 4) is 0 Å². The number of aryl methyl sites for hydroxylation is 1. The first-order valence-corrected chi connectivity index (χ1v) is 5.39. The predicted molar refractivity (Wildman–Crippen MR) is 58.0 cm³/mol. The van der Waals surface area contributed by atoms with Crippen LogP contribution in [0, 0.1) is 0 Å². The Morgan fingerprint density at radius 1 is 1.44 bits per heavy atom. The van der Waals surface area contributed by atoms with Gasteiger partial charge in [0.1, 0.15) is 5.69 Å². The summed E-state index contributed by atoms with van der Waals surface area (Å²) < 4.78 is 11.9. The fourth-order valence-electron chi connectivity index (χ4n) is 1.19. The Morgan fingerprint density at radius 2 is 2.25 bits per heavy atom. The van der Waals surface area contributed by atoms with E-state index < -0.39 is 6.10 Å². The van der Waals surface area contributed by atoms with Gasteiger partial charge in [0.2, 0.25) is 0 Å². The van der Waals surface area contributed by atoms with E-state index in [-0.39, 0.29) is 0 Å². The van der Waals surface area contributed by atoms with Gasteiger partial charge in [-0.3, -0.25) is 4.68 Å². The third-order valence-corrected chi connectivity index (χ3v) is 2.09. The second kappa shape index (κ2) is 7.32. The molecule has 6 nitrogen and oxygen atoms in total. The van der Waals surface area contributed by atoms with Crippen LogP contribution >= 0.6 is 0 Å². The Kier molecular flexibility index (Phi) is 5.99. The summed E-state index contributed by atoms with van der Waals surface area (Å²) in [5, 5.41) is 17.0. The molecule has 0 spiro atoms. The third-order valence-electron chi connectivity index (χ3n) is 2.09. The van der Waals surface area contributed by atoms with Crippen LogP contribution in [0.5, 0.6) is 0 Å².